The summed E-state index contributed by atoms with van der Waals surface area (Å²) in [5, 5.41) is 3.74. The molecule has 0 aliphatic heterocycles. The highest BCUT2D eigenvalue weighted by Gasteiger charge is 2.38. The molecule has 0 spiro atoms. The second-order valence-corrected chi connectivity index (χ2v) is 3.50. The average molecular weight is 196 g/mol. The van der Waals surface area contributed by atoms with Crippen LogP contribution in [0.25, 0.3) is 0 Å². The summed E-state index contributed by atoms with van der Waals surface area (Å²) in [6.45, 7) is 4.17. The molecule has 0 radical (unpaired) electrons. The van der Waals surface area contributed by atoms with Gasteiger partial charge in [-0.15, -0.1) is 0 Å². The Labute approximate surface area is 81.4 Å². The van der Waals surface area contributed by atoms with Crippen LogP contribution in [-0.4, -0.2) is 22.7 Å². The number of hydrogen-bond donors (Lipinski definition) is 0. The van der Waals surface area contributed by atoms with E-state index in [-0.39, 0.29) is 5.89 Å². The number of carbonyl (C=O) groups is 1. The van der Waals surface area contributed by atoms with Gasteiger partial charge in [0.05, 0.1) is 6.61 Å². The molecule has 0 saturated heterocycles. The van der Waals surface area contributed by atoms with E-state index in [2.05, 4.69) is 17.1 Å². The first kappa shape index (κ1) is 9.18. The molecular weight excluding hydrogens is 184 g/mol. The Balaban J connectivity index is 2.06. The number of rotatable bonds is 3. The predicted molar refractivity (Wildman–Crippen MR) is 46.8 cm³/mol. The quantitative estimate of drug-likeness (QED) is 0.683. The van der Waals surface area contributed by atoms with Gasteiger partial charge in [0, 0.05) is 5.92 Å². The van der Waals surface area contributed by atoms with Gasteiger partial charge in [0.2, 0.25) is 0 Å². The van der Waals surface area contributed by atoms with E-state index in [0.29, 0.717) is 24.3 Å². The average Bonchev–Trinajstić information content (AvgIpc) is 2.70. The lowest BCUT2D eigenvalue weighted by Crippen LogP contribution is -2.04. The van der Waals surface area contributed by atoms with Gasteiger partial charge in [0.15, 0.2) is 5.82 Å². The molecule has 0 bridgehead atoms. The van der Waals surface area contributed by atoms with E-state index >= 15 is 0 Å². The van der Waals surface area contributed by atoms with Crippen molar-refractivity contribution in [1.29, 1.82) is 0 Å². The van der Waals surface area contributed by atoms with Crippen molar-refractivity contribution in [2.24, 2.45) is 5.92 Å². The van der Waals surface area contributed by atoms with Crippen molar-refractivity contribution in [3.05, 3.63) is 11.7 Å². The van der Waals surface area contributed by atoms with Gasteiger partial charge in [-0.3, -0.25) is 0 Å². The summed E-state index contributed by atoms with van der Waals surface area (Å²) in [7, 11) is 0. The molecule has 0 unspecified atom stereocenters. The number of ether oxygens (including phenoxy) is 1. The minimum Gasteiger partial charge on any atom is -0.459 e. The van der Waals surface area contributed by atoms with Crippen LogP contribution in [0, 0.1) is 5.92 Å². The van der Waals surface area contributed by atoms with Gasteiger partial charge in [-0.2, -0.15) is 4.98 Å². The van der Waals surface area contributed by atoms with Crippen molar-refractivity contribution >= 4 is 5.97 Å². The summed E-state index contributed by atoms with van der Waals surface area (Å²) in [6.07, 6.45) is 1.07. The van der Waals surface area contributed by atoms with Crippen LogP contribution in [-0.2, 0) is 4.74 Å². The Morgan fingerprint density at radius 2 is 2.43 bits per heavy atom. The van der Waals surface area contributed by atoms with Gasteiger partial charge in [-0.25, -0.2) is 4.79 Å². The molecule has 0 amide bonds. The number of hydrogen-bond acceptors (Lipinski definition) is 5. The van der Waals surface area contributed by atoms with Crippen molar-refractivity contribution in [3.63, 3.8) is 0 Å². The Kier molecular flexibility index (Phi) is 2.23. The molecule has 1 aromatic heterocycles. The van der Waals surface area contributed by atoms with Gasteiger partial charge in [0.1, 0.15) is 0 Å². The number of aromatic nitrogens is 2. The second kappa shape index (κ2) is 3.40. The highest BCUT2D eigenvalue weighted by Crippen LogP contribution is 2.45. The highest BCUT2D eigenvalue weighted by atomic mass is 16.6. The zero-order chi connectivity index (χ0) is 10.1. The third-order valence-corrected chi connectivity index (χ3v) is 2.33. The first-order valence-corrected chi connectivity index (χ1v) is 4.73. The van der Waals surface area contributed by atoms with E-state index in [0.717, 1.165) is 6.42 Å². The maximum atomic E-state index is 11.2. The van der Waals surface area contributed by atoms with E-state index in [1.165, 1.54) is 0 Å². The summed E-state index contributed by atoms with van der Waals surface area (Å²) < 4.78 is 9.53. The SMILES string of the molecule is CCOC(=O)c1nc([C@@H]2C[C@H]2C)no1. The number of nitrogens with zero attached hydrogens (tertiary/aromatic N) is 2. The van der Waals surface area contributed by atoms with E-state index < -0.39 is 5.97 Å². The highest BCUT2D eigenvalue weighted by molar-refractivity contribution is 5.83. The lowest BCUT2D eigenvalue weighted by Gasteiger charge is -1.93. The molecule has 0 N–H and O–H groups in total. The fourth-order valence-electron chi connectivity index (χ4n) is 1.34. The fraction of sp³-hybridized carbons (Fsp3) is 0.667. The largest absolute Gasteiger partial charge is 0.459 e. The first-order chi connectivity index (χ1) is 6.72. The minimum absolute atomic E-state index is 0.0408. The second-order valence-electron chi connectivity index (χ2n) is 3.50. The minimum atomic E-state index is -0.542. The molecule has 1 aliphatic rings. The zero-order valence-corrected chi connectivity index (χ0v) is 8.19. The summed E-state index contributed by atoms with van der Waals surface area (Å²) >= 11 is 0. The standard InChI is InChI=1S/C9H12N2O3/c1-3-13-9(12)8-10-7(11-14-8)6-4-5(6)2/h5-6H,3-4H2,1-2H3/t5-,6-/m1/s1. The van der Waals surface area contributed by atoms with Crippen LogP contribution in [0.2, 0.25) is 0 Å². The Hall–Kier alpha value is -1.39. The van der Waals surface area contributed by atoms with Crippen molar-refractivity contribution in [2.45, 2.75) is 26.2 Å². The smallest absolute Gasteiger partial charge is 0.397 e. The predicted octanol–water partition coefficient (Wildman–Crippen LogP) is 1.37. The normalized spacial score (nSPS) is 24.7. The van der Waals surface area contributed by atoms with Gasteiger partial charge >= 0.3 is 11.9 Å². The molecule has 2 atom stereocenters. The molecule has 1 saturated carbocycles. The van der Waals surface area contributed by atoms with Crippen LogP contribution in [0.1, 0.15) is 42.7 Å². The number of esters is 1. The summed E-state index contributed by atoms with van der Waals surface area (Å²) in [5.41, 5.74) is 0. The maximum absolute atomic E-state index is 11.2. The van der Waals surface area contributed by atoms with Crippen LogP contribution >= 0.6 is 0 Å². The molecule has 14 heavy (non-hydrogen) atoms. The molecule has 1 aliphatic carbocycles. The molecule has 5 heteroatoms. The van der Waals surface area contributed by atoms with E-state index in [4.69, 9.17) is 9.26 Å². The van der Waals surface area contributed by atoms with Gasteiger partial charge in [-0.05, 0) is 19.3 Å². The Morgan fingerprint density at radius 3 is 3.00 bits per heavy atom. The van der Waals surface area contributed by atoms with Crippen molar-refractivity contribution in [1.82, 2.24) is 10.1 Å². The maximum Gasteiger partial charge on any atom is 0.397 e. The van der Waals surface area contributed by atoms with Crippen LogP contribution in [0.3, 0.4) is 0 Å². The first-order valence-electron chi connectivity index (χ1n) is 4.73. The Morgan fingerprint density at radius 1 is 1.71 bits per heavy atom. The monoisotopic (exact) mass is 196 g/mol. The molecule has 1 fully saturated rings. The van der Waals surface area contributed by atoms with Crippen molar-refractivity contribution in [3.8, 4) is 0 Å². The summed E-state index contributed by atoms with van der Waals surface area (Å²) in [6, 6.07) is 0. The molecule has 2 rings (SSSR count). The lowest BCUT2D eigenvalue weighted by atomic mass is 10.3. The van der Waals surface area contributed by atoms with Crippen LogP contribution in [0.4, 0.5) is 0 Å². The number of carbonyl (C=O) groups excluding carboxylic acids is 1. The Bertz CT molecular complexity index is 348. The zero-order valence-electron chi connectivity index (χ0n) is 8.19. The fourth-order valence-corrected chi connectivity index (χ4v) is 1.34. The molecule has 76 valence electrons. The van der Waals surface area contributed by atoms with E-state index in [1.54, 1.807) is 6.92 Å². The van der Waals surface area contributed by atoms with E-state index in [9.17, 15) is 4.79 Å². The van der Waals surface area contributed by atoms with Crippen LogP contribution in [0.15, 0.2) is 4.52 Å². The van der Waals surface area contributed by atoms with Gasteiger partial charge < -0.3 is 9.26 Å². The van der Waals surface area contributed by atoms with E-state index in [1.807, 2.05) is 0 Å². The van der Waals surface area contributed by atoms with Gasteiger partial charge in [0.25, 0.3) is 0 Å². The van der Waals surface area contributed by atoms with Gasteiger partial charge in [-0.1, -0.05) is 12.1 Å². The molecule has 0 aromatic carbocycles. The molecule has 1 aromatic rings. The van der Waals surface area contributed by atoms with Crippen molar-refractivity contribution < 1.29 is 14.1 Å². The third-order valence-electron chi connectivity index (χ3n) is 2.33. The summed E-state index contributed by atoms with van der Waals surface area (Å²) in [4.78, 5) is 15.2. The summed E-state index contributed by atoms with van der Waals surface area (Å²) in [5.74, 6) is 1.01. The van der Waals surface area contributed by atoms with Crippen molar-refractivity contribution in [2.75, 3.05) is 6.61 Å². The lowest BCUT2D eigenvalue weighted by molar-refractivity contribution is 0.0470. The van der Waals surface area contributed by atoms with Crippen LogP contribution in [0.5, 0.6) is 0 Å². The molecule has 5 nitrogen and oxygen atoms in total. The topological polar surface area (TPSA) is 65.2 Å². The molecular formula is C9H12N2O3. The molecule has 1 heterocycles. The third kappa shape index (κ3) is 1.62. The van der Waals surface area contributed by atoms with Crippen LogP contribution < -0.4 is 0 Å².